The highest BCUT2D eigenvalue weighted by molar-refractivity contribution is 5.93. The van der Waals surface area contributed by atoms with Gasteiger partial charge in [-0.25, -0.2) is 4.79 Å². The van der Waals surface area contributed by atoms with Gasteiger partial charge in [0, 0.05) is 13.1 Å². The van der Waals surface area contributed by atoms with Gasteiger partial charge in [-0.2, -0.15) is 0 Å². The van der Waals surface area contributed by atoms with Crippen LogP contribution in [0.3, 0.4) is 0 Å². The van der Waals surface area contributed by atoms with Crippen molar-refractivity contribution in [2.45, 2.75) is 64.3 Å². The van der Waals surface area contributed by atoms with E-state index in [9.17, 15) is 14.4 Å². The monoisotopic (exact) mass is 515 g/mol. The average molecular weight is 516 g/mol. The Balaban J connectivity index is 1.47. The van der Waals surface area contributed by atoms with Crippen molar-refractivity contribution in [2.24, 2.45) is 0 Å². The molecule has 0 bridgehead atoms. The summed E-state index contributed by atoms with van der Waals surface area (Å²) >= 11 is 0. The van der Waals surface area contributed by atoms with Crippen molar-refractivity contribution >= 4 is 28.6 Å². The lowest BCUT2D eigenvalue weighted by atomic mass is 9.98. The number of carbonyl (C=O) groups excluding carboxylic acids is 3. The Hall–Kier alpha value is -3.71. The van der Waals surface area contributed by atoms with Gasteiger partial charge in [0.2, 0.25) is 5.91 Å². The molecule has 0 radical (unpaired) electrons. The van der Waals surface area contributed by atoms with Gasteiger partial charge in [-0.05, 0) is 61.9 Å². The lowest BCUT2D eigenvalue weighted by molar-refractivity contribution is -0.130. The number of benzene rings is 3. The molecule has 7 heteroatoms. The molecular formula is C31H37N3O4. The molecule has 1 aliphatic heterocycles. The van der Waals surface area contributed by atoms with Crippen molar-refractivity contribution < 1.29 is 19.1 Å². The minimum absolute atomic E-state index is 0.107. The van der Waals surface area contributed by atoms with Gasteiger partial charge in [0.15, 0.2) is 5.78 Å². The summed E-state index contributed by atoms with van der Waals surface area (Å²) in [4.78, 5) is 41.0. The van der Waals surface area contributed by atoms with E-state index < -0.39 is 23.8 Å². The number of ketones is 1. The lowest BCUT2D eigenvalue weighted by Crippen LogP contribution is -2.53. The van der Waals surface area contributed by atoms with Gasteiger partial charge in [0.1, 0.15) is 11.6 Å². The van der Waals surface area contributed by atoms with E-state index in [-0.39, 0.29) is 18.2 Å². The Morgan fingerprint density at radius 3 is 2.39 bits per heavy atom. The second-order valence-electron chi connectivity index (χ2n) is 10.8. The first-order valence-corrected chi connectivity index (χ1v) is 13.2. The van der Waals surface area contributed by atoms with E-state index in [1.54, 1.807) is 20.8 Å². The highest BCUT2D eigenvalue weighted by Gasteiger charge is 2.38. The first kappa shape index (κ1) is 27.3. The summed E-state index contributed by atoms with van der Waals surface area (Å²) in [5.74, 6) is -0.431. The van der Waals surface area contributed by atoms with Gasteiger partial charge >= 0.3 is 6.09 Å². The second kappa shape index (κ2) is 12.2. The van der Waals surface area contributed by atoms with E-state index in [1.807, 2.05) is 66.7 Å². The second-order valence-corrected chi connectivity index (χ2v) is 10.8. The third kappa shape index (κ3) is 7.42. The fraction of sp³-hybridized carbons (Fsp3) is 0.387. The molecule has 1 fully saturated rings. The number of hydrogen-bond acceptors (Lipinski definition) is 5. The molecule has 0 unspecified atom stereocenters. The molecule has 2 atom stereocenters. The zero-order valence-electron chi connectivity index (χ0n) is 22.4. The molecule has 0 aromatic heterocycles. The average Bonchev–Trinajstić information content (AvgIpc) is 3.38. The quantitative estimate of drug-likeness (QED) is 0.434. The van der Waals surface area contributed by atoms with Gasteiger partial charge in [0.05, 0.1) is 12.6 Å². The highest BCUT2D eigenvalue weighted by Crippen LogP contribution is 2.22. The van der Waals surface area contributed by atoms with Crippen LogP contribution < -0.4 is 10.6 Å². The molecule has 2 amide bonds. The van der Waals surface area contributed by atoms with E-state index >= 15 is 0 Å². The molecule has 1 heterocycles. The van der Waals surface area contributed by atoms with Crippen LogP contribution in [0, 0.1) is 0 Å². The van der Waals surface area contributed by atoms with E-state index in [4.69, 9.17) is 4.74 Å². The minimum atomic E-state index is -0.729. The number of rotatable bonds is 9. The number of Topliss-reactive ketones (excluding diaryl/α,β-unsaturated/α-hetero) is 1. The number of carbonyl (C=O) groups is 3. The number of nitrogens with one attached hydrogen (secondary N) is 2. The maximum atomic E-state index is 13.4. The largest absolute Gasteiger partial charge is 0.444 e. The summed E-state index contributed by atoms with van der Waals surface area (Å²) in [5, 5.41) is 8.38. The fourth-order valence-electron chi connectivity index (χ4n) is 4.74. The smallest absolute Gasteiger partial charge is 0.410 e. The van der Waals surface area contributed by atoms with Crippen molar-refractivity contribution in [3.05, 3.63) is 83.9 Å². The number of nitrogens with zero attached hydrogens (tertiary/aromatic N) is 1. The predicted molar refractivity (Wildman–Crippen MR) is 149 cm³/mol. The van der Waals surface area contributed by atoms with Crippen LogP contribution in [-0.4, -0.2) is 53.5 Å². The van der Waals surface area contributed by atoms with Gasteiger partial charge in [0.25, 0.3) is 0 Å². The molecule has 4 rings (SSSR count). The van der Waals surface area contributed by atoms with Crippen molar-refractivity contribution in [3.8, 4) is 0 Å². The Morgan fingerprint density at radius 2 is 1.66 bits per heavy atom. The minimum Gasteiger partial charge on any atom is -0.444 e. The Morgan fingerprint density at radius 1 is 0.947 bits per heavy atom. The van der Waals surface area contributed by atoms with Crippen molar-refractivity contribution in [1.82, 2.24) is 15.5 Å². The van der Waals surface area contributed by atoms with Crippen molar-refractivity contribution in [1.29, 1.82) is 0 Å². The normalized spacial score (nSPS) is 16.3. The van der Waals surface area contributed by atoms with Gasteiger partial charge < -0.3 is 15.4 Å². The molecule has 200 valence electrons. The molecule has 1 saturated heterocycles. The molecule has 0 saturated carbocycles. The lowest BCUT2D eigenvalue weighted by Gasteiger charge is -2.29. The predicted octanol–water partition coefficient (Wildman–Crippen LogP) is 4.63. The maximum Gasteiger partial charge on any atom is 0.410 e. The molecule has 3 aromatic carbocycles. The molecular weight excluding hydrogens is 478 g/mol. The molecule has 0 aliphatic carbocycles. The van der Waals surface area contributed by atoms with Crippen molar-refractivity contribution in [2.75, 3.05) is 13.1 Å². The molecule has 0 spiro atoms. The SMILES string of the molecule is CC(C)(C)OC(=O)N1CCC[C@H]1C(=O)N[C@@H](Cc1ccc2ccccc2c1)C(=O)CNCc1ccccc1. The van der Waals surface area contributed by atoms with Crippen molar-refractivity contribution in [3.63, 3.8) is 0 Å². The van der Waals surface area contributed by atoms with E-state index in [0.717, 1.165) is 21.9 Å². The van der Waals surface area contributed by atoms with Crippen LogP contribution in [0.1, 0.15) is 44.7 Å². The van der Waals surface area contributed by atoms with Crippen LogP contribution in [0.15, 0.2) is 72.8 Å². The summed E-state index contributed by atoms with van der Waals surface area (Å²) in [5.41, 5.74) is 1.38. The van der Waals surface area contributed by atoms with Crippen LogP contribution in [-0.2, 0) is 27.3 Å². The van der Waals surface area contributed by atoms with E-state index in [2.05, 4.69) is 16.7 Å². The van der Waals surface area contributed by atoms with E-state index in [1.165, 1.54) is 4.90 Å². The first-order valence-electron chi connectivity index (χ1n) is 13.2. The number of ether oxygens (including phenoxy) is 1. The molecule has 38 heavy (non-hydrogen) atoms. The Labute approximate surface area is 224 Å². The third-order valence-electron chi connectivity index (χ3n) is 6.61. The molecule has 7 nitrogen and oxygen atoms in total. The summed E-state index contributed by atoms with van der Waals surface area (Å²) in [7, 11) is 0. The van der Waals surface area contributed by atoms with Crippen LogP contribution in [0.4, 0.5) is 4.79 Å². The van der Waals surface area contributed by atoms with Gasteiger partial charge in [-0.15, -0.1) is 0 Å². The van der Waals surface area contributed by atoms with E-state index in [0.29, 0.717) is 32.4 Å². The highest BCUT2D eigenvalue weighted by atomic mass is 16.6. The standard InChI is InChI=1S/C31H37N3O4/c1-31(2,3)38-30(37)34-17-9-14-27(34)29(36)33-26(28(35)21-32-20-22-10-5-4-6-11-22)19-23-15-16-24-12-7-8-13-25(24)18-23/h4-8,10-13,15-16,18,26-27,32H,9,14,17,19-21H2,1-3H3,(H,33,36)/t26-,27-/m0/s1. The Bertz CT molecular complexity index is 1270. The van der Waals surface area contributed by atoms with Gasteiger partial charge in [-0.1, -0.05) is 72.8 Å². The topological polar surface area (TPSA) is 87.7 Å². The van der Waals surface area contributed by atoms with Crippen LogP contribution >= 0.6 is 0 Å². The zero-order chi connectivity index (χ0) is 27.1. The number of hydrogen-bond donors (Lipinski definition) is 2. The number of fused-ring (bicyclic) bond motifs is 1. The first-order chi connectivity index (χ1) is 18.2. The Kier molecular flexibility index (Phi) is 8.79. The molecule has 3 aromatic rings. The van der Waals surface area contributed by atoms with Gasteiger partial charge in [-0.3, -0.25) is 14.5 Å². The molecule has 2 N–H and O–H groups in total. The van der Waals surface area contributed by atoms with Crippen LogP contribution in [0.25, 0.3) is 10.8 Å². The van der Waals surface area contributed by atoms with Crippen LogP contribution in [0.2, 0.25) is 0 Å². The third-order valence-corrected chi connectivity index (χ3v) is 6.61. The maximum absolute atomic E-state index is 13.4. The zero-order valence-corrected chi connectivity index (χ0v) is 22.4. The van der Waals surface area contributed by atoms with Crippen LogP contribution in [0.5, 0.6) is 0 Å². The fourth-order valence-corrected chi connectivity index (χ4v) is 4.74. The molecule has 1 aliphatic rings. The summed E-state index contributed by atoms with van der Waals surface area (Å²) in [6.07, 6.45) is 1.10. The summed E-state index contributed by atoms with van der Waals surface area (Å²) < 4.78 is 5.52. The number of likely N-dealkylation sites (tertiary alicyclic amines) is 1. The summed E-state index contributed by atoms with van der Waals surface area (Å²) in [6.45, 7) is 6.53. The number of amides is 2. The summed E-state index contributed by atoms with van der Waals surface area (Å²) in [6, 6.07) is 22.6.